The second-order valence-electron chi connectivity index (χ2n) is 8.20. The topological polar surface area (TPSA) is 44.8 Å². The van der Waals surface area contributed by atoms with E-state index in [-0.39, 0.29) is 6.03 Å². The third kappa shape index (κ3) is 4.21. The molecular weight excluding hydrogens is 326 g/mol. The lowest BCUT2D eigenvalue weighted by atomic mass is 9.98. The highest BCUT2D eigenvalue weighted by Gasteiger charge is 2.27. The van der Waals surface area contributed by atoms with E-state index in [0.717, 1.165) is 65.2 Å². The van der Waals surface area contributed by atoms with Gasteiger partial charge in [0.15, 0.2) is 0 Å². The second-order valence-corrected chi connectivity index (χ2v) is 8.20. The number of nitrogens with zero attached hydrogens (tertiary/aromatic N) is 2. The number of aryl methyl sites for hydroxylation is 1. The first-order valence-corrected chi connectivity index (χ1v) is 10.1. The predicted octanol–water partition coefficient (Wildman–Crippen LogP) is 2.56. The molecule has 2 amide bonds. The number of nitrogens with one attached hydrogen (secondary N) is 1. The molecule has 142 valence electrons. The summed E-state index contributed by atoms with van der Waals surface area (Å²) < 4.78 is 5.48. The summed E-state index contributed by atoms with van der Waals surface area (Å²) >= 11 is 0. The maximum absolute atomic E-state index is 12.7. The van der Waals surface area contributed by atoms with Crippen molar-refractivity contribution in [3.05, 3.63) is 34.9 Å². The zero-order valence-electron chi connectivity index (χ0n) is 15.9. The Kier molecular flexibility index (Phi) is 5.46. The molecule has 0 unspecified atom stereocenters. The number of benzene rings is 1. The van der Waals surface area contributed by atoms with E-state index < -0.39 is 0 Å². The lowest BCUT2D eigenvalue weighted by Crippen LogP contribution is -2.50. The number of piperidine rings is 1. The molecule has 0 spiro atoms. The van der Waals surface area contributed by atoms with Crippen LogP contribution in [0.25, 0.3) is 0 Å². The largest absolute Gasteiger partial charge is 0.381 e. The van der Waals surface area contributed by atoms with Gasteiger partial charge in [-0.15, -0.1) is 0 Å². The van der Waals surface area contributed by atoms with Crippen LogP contribution in [0.3, 0.4) is 0 Å². The van der Waals surface area contributed by atoms with Crippen LogP contribution in [0.5, 0.6) is 0 Å². The Morgan fingerprint density at radius 2 is 2.04 bits per heavy atom. The molecule has 0 bridgehead atoms. The molecule has 0 aromatic heterocycles. The fourth-order valence-electron chi connectivity index (χ4n) is 4.47. The minimum absolute atomic E-state index is 0.110. The zero-order chi connectivity index (χ0) is 17.9. The lowest BCUT2D eigenvalue weighted by molar-refractivity contribution is 0.143. The van der Waals surface area contributed by atoms with E-state index in [2.05, 4.69) is 35.3 Å². The summed E-state index contributed by atoms with van der Waals surface area (Å²) in [7, 11) is 0. The normalized spacial score (nSPS) is 24.5. The Morgan fingerprint density at radius 3 is 2.81 bits per heavy atom. The van der Waals surface area contributed by atoms with Gasteiger partial charge in [0.2, 0.25) is 0 Å². The number of urea groups is 1. The molecule has 1 N–H and O–H groups in total. The minimum atomic E-state index is 0.110. The molecule has 3 aliphatic heterocycles. The minimum Gasteiger partial charge on any atom is -0.381 e. The van der Waals surface area contributed by atoms with E-state index in [9.17, 15) is 4.79 Å². The van der Waals surface area contributed by atoms with E-state index in [4.69, 9.17) is 4.74 Å². The number of hydrogen-bond donors (Lipinski definition) is 1. The van der Waals surface area contributed by atoms with Crippen LogP contribution in [0, 0.1) is 12.8 Å². The van der Waals surface area contributed by atoms with Gasteiger partial charge in [0.05, 0.1) is 6.61 Å². The van der Waals surface area contributed by atoms with Crippen molar-refractivity contribution in [2.24, 2.45) is 5.92 Å². The molecule has 2 fully saturated rings. The average Bonchev–Trinajstić information content (AvgIpc) is 3.16. The summed E-state index contributed by atoms with van der Waals surface area (Å²) in [5.41, 5.74) is 4.00. The van der Waals surface area contributed by atoms with Gasteiger partial charge in [-0.05, 0) is 49.7 Å². The number of hydrogen-bond acceptors (Lipinski definition) is 3. The van der Waals surface area contributed by atoms with Crippen molar-refractivity contribution in [3.63, 3.8) is 0 Å². The summed E-state index contributed by atoms with van der Waals surface area (Å²) in [6, 6.07) is 7.01. The molecule has 1 atom stereocenters. The van der Waals surface area contributed by atoms with Gasteiger partial charge in [-0.25, -0.2) is 4.79 Å². The molecule has 0 radical (unpaired) electrons. The summed E-state index contributed by atoms with van der Waals surface area (Å²) in [5, 5.41) is 3.28. The van der Waals surface area contributed by atoms with E-state index in [1.54, 1.807) is 0 Å². The molecular formula is C21H31N3O2. The first kappa shape index (κ1) is 17.8. The maximum Gasteiger partial charge on any atom is 0.317 e. The Hall–Kier alpha value is -1.59. The molecule has 26 heavy (non-hydrogen) atoms. The van der Waals surface area contributed by atoms with Crippen LogP contribution >= 0.6 is 0 Å². The van der Waals surface area contributed by atoms with Gasteiger partial charge in [-0.2, -0.15) is 0 Å². The monoisotopic (exact) mass is 357 g/mol. The molecule has 3 heterocycles. The van der Waals surface area contributed by atoms with Crippen molar-refractivity contribution < 1.29 is 9.53 Å². The third-order valence-corrected chi connectivity index (χ3v) is 6.12. The number of fused-ring (bicyclic) bond motifs is 1. The van der Waals surface area contributed by atoms with Gasteiger partial charge in [0.25, 0.3) is 0 Å². The van der Waals surface area contributed by atoms with Crippen molar-refractivity contribution in [2.45, 2.75) is 45.2 Å². The van der Waals surface area contributed by atoms with Gasteiger partial charge in [0, 0.05) is 45.4 Å². The first-order valence-electron chi connectivity index (χ1n) is 10.1. The van der Waals surface area contributed by atoms with Crippen molar-refractivity contribution in [1.29, 1.82) is 0 Å². The molecule has 1 aromatic carbocycles. The summed E-state index contributed by atoms with van der Waals surface area (Å²) in [6.07, 6.45) is 4.28. The van der Waals surface area contributed by atoms with Crippen LogP contribution in [0.1, 0.15) is 36.0 Å². The van der Waals surface area contributed by atoms with Crippen molar-refractivity contribution >= 4 is 6.03 Å². The third-order valence-electron chi connectivity index (χ3n) is 6.12. The van der Waals surface area contributed by atoms with Gasteiger partial charge in [-0.1, -0.05) is 23.8 Å². The number of carbonyl (C=O) groups excluding carboxylic acids is 1. The number of carbonyl (C=O) groups is 1. The molecule has 0 saturated carbocycles. The van der Waals surface area contributed by atoms with Gasteiger partial charge < -0.3 is 19.9 Å². The molecule has 0 aliphatic carbocycles. The number of rotatable bonds is 3. The highest BCUT2D eigenvalue weighted by molar-refractivity contribution is 5.75. The number of ether oxygens (including phenoxy) is 1. The smallest absolute Gasteiger partial charge is 0.317 e. The molecule has 5 nitrogen and oxygen atoms in total. The predicted molar refractivity (Wildman–Crippen MR) is 102 cm³/mol. The number of amides is 2. The fourth-order valence-corrected chi connectivity index (χ4v) is 4.47. The van der Waals surface area contributed by atoms with Crippen LogP contribution in [0.2, 0.25) is 0 Å². The van der Waals surface area contributed by atoms with Crippen molar-refractivity contribution in [1.82, 2.24) is 15.1 Å². The maximum atomic E-state index is 12.7. The summed E-state index contributed by atoms with van der Waals surface area (Å²) in [4.78, 5) is 17.2. The second kappa shape index (κ2) is 7.97. The van der Waals surface area contributed by atoms with Crippen molar-refractivity contribution in [2.75, 3.05) is 39.4 Å². The highest BCUT2D eigenvalue weighted by Crippen LogP contribution is 2.21. The SMILES string of the molecule is Cc1ccc2c(c1)CCN(C(=O)NC1CCN(C[C@H]3CCOC3)CC1)C2. The molecule has 3 aliphatic rings. The Labute approximate surface area is 156 Å². The van der Waals surface area contributed by atoms with E-state index in [1.165, 1.54) is 23.1 Å². The zero-order valence-corrected chi connectivity index (χ0v) is 15.9. The molecule has 5 heteroatoms. The Balaban J connectivity index is 1.23. The standard InChI is InChI=1S/C21H31N3O2/c1-16-2-3-19-14-24(10-4-18(19)12-16)21(25)22-20-5-8-23(9-6-20)13-17-7-11-26-15-17/h2-3,12,17,20H,4-11,13-15H2,1H3,(H,22,25)/t17-/m1/s1. The Bertz CT molecular complexity index is 634. The molecule has 4 rings (SSSR count). The van der Waals surface area contributed by atoms with Crippen LogP contribution in [-0.2, 0) is 17.7 Å². The molecule has 1 aromatic rings. The fraction of sp³-hybridized carbons (Fsp3) is 0.667. The van der Waals surface area contributed by atoms with Crippen LogP contribution in [0.4, 0.5) is 4.79 Å². The van der Waals surface area contributed by atoms with Gasteiger partial charge in [0.1, 0.15) is 0 Å². The number of likely N-dealkylation sites (tertiary alicyclic amines) is 1. The first-order chi connectivity index (χ1) is 12.7. The highest BCUT2D eigenvalue weighted by atomic mass is 16.5. The van der Waals surface area contributed by atoms with Crippen LogP contribution in [0.15, 0.2) is 18.2 Å². The quantitative estimate of drug-likeness (QED) is 0.904. The van der Waals surface area contributed by atoms with E-state index in [0.29, 0.717) is 12.0 Å². The Morgan fingerprint density at radius 1 is 1.19 bits per heavy atom. The average molecular weight is 357 g/mol. The van der Waals surface area contributed by atoms with Crippen molar-refractivity contribution in [3.8, 4) is 0 Å². The van der Waals surface area contributed by atoms with Gasteiger partial charge >= 0.3 is 6.03 Å². The summed E-state index contributed by atoms with van der Waals surface area (Å²) in [6.45, 7) is 8.87. The van der Waals surface area contributed by atoms with E-state index >= 15 is 0 Å². The van der Waals surface area contributed by atoms with Gasteiger partial charge in [-0.3, -0.25) is 0 Å². The van der Waals surface area contributed by atoms with Crippen LogP contribution < -0.4 is 5.32 Å². The molecule has 2 saturated heterocycles. The van der Waals surface area contributed by atoms with Crippen LogP contribution in [-0.4, -0.2) is 61.3 Å². The summed E-state index contributed by atoms with van der Waals surface area (Å²) in [5.74, 6) is 0.707. The van der Waals surface area contributed by atoms with E-state index in [1.807, 2.05) is 4.90 Å². The lowest BCUT2D eigenvalue weighted by Gasteiger charge is -2.35.